The molecule has 0 N–H and O–H groups in total. The van der Waals surface area contributed by atoms with Crippen molar-refractivity contribution in [2.45, 2.75) is 25.3 Å². The zero-order valence-corrected chi connectivity index (χ0v) is 16.4. The van der Waals surface area contributed by atoms with Gasteiger partial charge in [-0.2, -0.15) is 8.75 Å². The number of hydrogen-bond acceptors (Lipinski definition) is 5. The van der Waals surface area contributed by atoms with Crippen LogP contribution in [0.5, 0.6) is 0 Å². The van der Waals surface area contributed by atoms with Crippen LogP contribution in [0, 0.1) is 0 Å². The molecule has 0 atom stereocenters. The number of hydrogen-bond donors (Lipinski definition) is 0. The van der Waals surface area contributed by atoms with Gasteiger partial charge in [-0.05, 0) is 55.1 Å². The number of carbonyl (C=O) groups is 1. The van der Waals surface area contributed by atoms with Crippen molar-refractivity contribution in [1.29, 1.82) is 0 Å². The van der Waals surface area contributed by atoms with Gasteiger partial charge >= 0.3 is 0 Å². The minimum Gasteiger partial charge on any atom is -0.340 e. The van der Waals surface area contributed by atoms with Gasteiger partial charge in [0.15, 0.2) is 0 Å². The fourth-order valence-electron chi connectivity index (χ4n) is 3.75. The summed E-state index contributed by atoms with van der Waals surface area (Å²) in [6.07, 6.45) is 2.24. The molecule has 0 saturated carbocycles. The van der Waals surface area contributed by atoms with Crippen LogP contribution in [0.1, 0.15) is 29.9 Å². The van der Waals surface area contributed by atoms with Crippen LogP contribution in [0.15, 0.2) is 48.5 Å². The maximum atomic E-state index is 12.6. The van der Waals surface area contributed by atoms with Gasteiger partial charge in [-0.25, -0.2) is 0 Å². The molecule has 1 amide bonds. The molecule has 1 aromatic heterocycles. The van der Waals surface area contributed by atoms with Crippen LogP contribution in [0.3, 0.4) is 0 Å². The lowest BCUT2D eigenvalue weighted by atomic mass is 9.89. The van der Waals surface area contributed by atoms with Gasteiger partial charge in [-0.3, -0.25) is 9.69 Å². The maximum absolute atomic E-state index is 12.6. The highest BCUT2D eigenvalue weighted by Gasteiger charge is 2.23. The molecule has 1 aliphatic rings. The lowest BCUT2D eigenvalue weighted by Gasteiger charge is -2.32. The van der Waals surface area contributed by atoms with Gasteiger partial charge in [0.25, 0.3) is 0 Å². The summed E-state index contributed by atoms with van der Waals surface area (Å²) in [5.41, 5.74) is 4.33. The predicted octanol–water partition coefficient (Wildman–Crippen LogP) is 3.53. The van der Waals surface area contributed by atoms with Crippen LogP contribution in [-0.2, 0) is 11.3 Å². The van der Waals surface area contributed by atoms with E-state index in [1.54, 1.807) is 0 Å². The number of aromatic nitrogens is 2. The normalized spacial score (nSPS) is 15.9. The maximum Gasteiger partial charge on any atom is 0.236 e. The Kier molecular flexibility index (Phi) is 5.45. The van der Waals surface area contributed by atoms with E-state index in [-0.39, 0.29) is 5.91 Å². The van der Waals surface area contributed by atoms with Crippen molar-refractivity contribution in [2.75, 3.05) is 26.7 Å². The largest absolute Gasteiger partial charge is 0.340 e. The third kappa shape index (κ3) is 4.34. The van der Waals surface area contributed by atoms with Crippen LogP contribution in [0.4, 0.5) is 0 Å². The molecule has 6 heteroatoms. The number of amides is 1. The van der Waals surface area contributed by atoms with Crippen LogP contribution in [0.25, 0.3) is 11.0 Å². The fraction of sp³-hybridized carbons (Fsp3) is 0.381. The van der Waals surface area contributed by atoms with Crippen LogP contribution in [-0.4, -0.2) is 51.1 Å². The average Bonchev–Trinajstić information content (AvgIpc) is 3.17. The summed E-state index contributed by atoms with van der Waals surface area (Å²) in [5.74, 6) is 0.790. The van der Waals surface area contributed by atoms with E-state index in [0.29, 0.717) is 19.0 Å². The number of piperidine rings is 1. The highest BCUT2D eigenvalue weighted by Crippen LogP contribution is 2.27. The first-order chi connectivity index (χ1) is 13.2. The number of fused-ring (bicyclic) bond motifs is 1. The number of carbonyl (C=O) groups excluding carboxylic acids is 1. The Bertz CT molecular complexity index is 903. The molecule has 0 spiro atoms. The average molecular weight is 381 g/mol. The molecule has 3 aromatic rings. The number of likely N-dealkylation sites (tertiary alicyclic amines) is 1. The fourth-order valence-corrected chi connectivity index (χ4v) is 4.27. The molecule has 1 fully saturated rings. The minimum absolute atomic E-state index is 0.171. The smallest absolute Gasteiger partial charge is 0.236 e. The van der Waals surface area contributed by atoms with Crippen molar-refractivity contribution in [3.05, 3.63) is 59.7 Å². The van der Waals surface area contributed by atoms with Crippen molar-refractivity contribution >= 4 is 28.7 Å². The second-order valence-electron chi connectivity index (χ2n) is 7.30. The lowest BCUT2D eigenvalue weighted by molar-refractivity contribution is -0.131. The topological polar surface area (TPSA) is 49.3 Å². The number of benzene rings is 2. The highest BCUT2D eigenvalue weighted by atomic mass is 32.1. The molecule has 27 heavy (non-hydrogen) atoms. The Morgan fingerprint density at radius 3 is 2.63 bits per heavy atom. The molecule has 0 bridgehead atoms. The van der Waals surface area contributed by atoms with Crippen molar-refractivity contribution in [3.63, 3.8) is 0 Å². The molecular formula is C21H24N4OS. The first kappa shape index (κ1) is 18.1. The van der Waals surface area contributed by atoms with Gasteiger partial charge in [-0.1, -0.05) is 36.4 Å². The van der Waals surface area contributed by atoms with E-state index in [1.807, 2.05) is 30.1 Å². The SMILES string of the molecule is CN(Cc1ccc2nsnc2c1)C(=O)CN1CCC(c2ccccc2)CC1. The van der Waals surface area contributed by atoms with E-state index in [4.69, 9.17) is 0 Å². The Balaban J connectivity index is 1.28. The molecule has 2 heterocycles. The summed E-state index contributed by atoms with van der Waals surface area (Å²) < 4.78 is 8.50. The Morgan fingerprint density at radius 1 is 1.11 bits per heavy atom. The van der Waals surface area contributed by atoms with Crippen LogP contribution in [0.2, 0.25) is 0 Å². The second-order valence-corrected chi connectivity index (χ2v) is 7.83. The van der Waals surface area contributed by atoms with Crippen LogP contribution < -0.4 is 0 Å². The summed E-state index contributed by atoms with van der Waals surface area (Å²) in [6, 6.07) is 16.7. The van der Waals surface area contributed by atoms with E-state index >= 15 is 0 Å². The van der Waals surface area contributed by atoms with Crippen molar-refractivity contribution in [3.8, 4) is 0 Å². The first-order valence-electron chi connectivity index (χ1n) is 9.41. The number of likely N-dealkylation sites (N-methyl/N-ethyl adjacent to an activating group) is 1. The summed E-state index contributed by atoms with van der Waals surface area (Å²) in [7, 11) is 1.88. The Labute approximate surface area is 163 Å². The predicted molar refractivity (Wildman–Crippen MR) is 109 cm³/mol. The third-order valence-electron chi connectivity index (χ3n) is 5.38. The summed E-state index contributed by atoms with van der Waals surface area (Å²) in [5, 5.41) is 0. The summed E-state index contributed by atoms with van der Waals surface area (Å²) >= 11 is 1.22. The highest BCUT2D eigenvalue weighted by molar-refractivity contribution is 7.00. The zero-order chi connectivity index (χ0) is 18.6. The molecule has 1 aliphatic heterocycles. The molecule has 2 aromatic carbocycles. The van der Waals surface area contributed by atoms with E-state index in [2.05, 4.69) is 44.0 Å². The number of nitrogens with zero attached hydrogens (tertiary/aromatic N) is 4. The van der Waals surface area contributed by atoms with Gasteiger partial charge in [0.2, 0.25) is 5.91 Å². The van der Waals surface area contributed by atoms with E-state index < -0.39 is 0 Å². The standard InChI is InChI=1S/C21H24N4OS/c1-24(14-16-7-8-19-20(13-16)23-27-22-19)21(26)15-25-11-9-18(10-12-25)17-5-3-2-4-6-17/h2-8,13,18H,9-12,14-15H2,1H3. The van der Waals surface area contributed by atoms with E-state index in [9.17, 15) is 4.79 Å². The third-order valence-corrected chi connectivity index (χ3v) is 5.94. The number of rotatable bonds is 5. The van der Waals surface area contributed by atoms with Gasteiger partial charge < -0.3 is 4.90 Å². The minimum atomic E-state index is 0.171. The van der Waals surface area contributed by atoms with Gasteiger partial charge in [0.05, 0.1) is 18.3 Å². The molecule has 0 unspecified atom stereocenters. The summed E-state index contributed by atoms with van der Waals surface area (Å²) in [6.45, 7) is 3.07. The van der Waals surface area contributed by atoms with Gasteiger partial charge in [-0.15, -0.1) is 0 Å². The molecular weight excluding hydrogens is 356 g/mol. The monoisotopic (exact) mass is 380 g/mol. The van der Waals surface area contributed by atoms with Gasteiger partial charge in [0, 0.05) is 13.6 Å². The van der Waals surface area contributed by atoms with E-state index in [1.165, 1.54) is 17.3 Å². The quantitative estimate of drug-likeness (QED) is 0.679. The molecule has 140 valence electrons. The lowest BCUT2D eigenvalue weighted by Crippen LogP contribution is -2.41. The molecule has 0 radical (unpaired) electrons. The molecule has 5 nitrogen and oxygen atoms in total. The first-order valence-corrected chi connectivity index (χ1v) is 10.1. The molecule has 0 aliphatic carbocycles. The molecule has 4 rings (SSSR count). The van der Waals surface area contributed by atoms with Crippen molar-refractivity contribution < 1.29 is 4.79 Å². The molecule has 1 saturated heterocycles. The second kappa shape index (κ2) is 8.15. The van der Waals surface area contributed by atoms with Crippen LogP contribution >= 0.6 is 11.7 Å². The van der Waals surface area contributed by atoms with Crippen molar-refractivity contribution in [2.24, 2.45) is 0 Å². The Hall–Kier alpha value is -2.31. The van der Waals surface area contributed by atoms with E-state index in [0.717, 1.165) is 42.5 Å². The summed E-state index contributed by atoms with van der Waals surface area (Å²) in [4.78, 5) is 16.7. The zero-order valence-electron chi connectivity index (χ0n) is 15.5. The van der Waals surface area contributed by atoms with Gasteiger partial charge in [0.1, 0.15) is 11.0 Å². The van der Waals surface area contributed by atoms with Crippen molar-refractivity contribution in [1.82, 2.24) is 18.5 Å². The Morgan fingerprint density at radius 2 is 1.85 bits per heavy atom.